The number of hydrogen-bond acceptors (Lipinski definition) is 3. The van der Waals surface area contributed by atoms with Crippen LogP contribution in [0, 0.1) is 0 Å². The summed E-state index contributed by atoms with van der Waals surface area (Å²) in [4.78, 5) is 14.9. The van der Waals surface area contributed by atoms with E-state index in [9.17, 15) is 13.2 Å². The maximum Gasteiger partial charge on any atom is 0.243 e. The molecule has 31 heavy (non-hydrogen) atoms. The quantitative estimate of drug-likeness (QED) is 0.682. The molecule has 1 amide bonds. The highest BCUT2D eigenvalue weighted by molar-refractivity contribution is 7.89. The molecule has 0 saturated carbocycles. The van der Waals surface area contributed by atoms with Crippen LogP contribution in [-0.4, -0.2) is 49.7 Å². The molecule has 1 fully saturated rings. The average Bonchev–Trinajstić information content (AvgIpc) is 2.84. The highest BCUT2D eigenvalue weighted by Crippen LogP contribution is 2.23. The van der Waals surface area contributed by atoms with Gasteiger partial charge in [0.15, 0.2) is 0 Å². The van der Waals surface area contributed by atoms with Gasteiger partial charge in [-0.3, -0.25) is 4.79 Å². The van der Waals surface area contributed by atoms with Crippen LogP contribution < -0.4 is 0 Å². The van der Waals surface area contributed by atoms with Crippen LogP contribution in [0.5, 0.6) is 0 Å². The van der Waals surface area contributed by atoms with Crippen LogP contribution in [0.1, 0.15) is 43.2 Å². The molecule has 164 valence electrons. The summed E-state index contributed by atoms with van der Waals surface area (Å²) in [6.07, 6.45) is 7.03. The Kier molecular flexibility index (Phi) is 6.88. The number of hydrogen-bond donors (Lipinski definition) is 0. The van der Waals surface area contributed by atoms with Gasteiger partial charge in [-0.25, -0.2) is 8.42 Å². The molecule has 2 aromatic rings. The van der Waals surface area contributed by atoms with Crippen LogP contribution in [-0.2, 0) is 21.2 Å². The zero-order chi connectivity index (χ0) is 21.7. The van der Waals surface area contributed by atoms with E-state index >= 15 is 0 Å². The van der Waals surface area contributed by atoms with E-state index in [4.69, 9.17) is 0 Å². The second kappa shape index (κ2) is 9.79. The fourth-order valence-electron chi connectivity index (χ4n) is 4.30. The lowest BCUT2D eigenvalue weighted by atomic mass is 9.99. The molecule has 2 aromatic carbocycles. The van der Waals surface area contributed by atoms with Crippen molar-refractivity contribution in [3.63, 3.8) is 0 Å². The molecule has 0 aliphatic carbocycles. The second-order valence-electron chi connectivity index (χ2n) is 8.29. The van der Waals surface area contributed by atoms with Crippen LogP contribution in [0.4, 0.5) is 0 Å². The Balaban J connectivity index is 1.30. The molecule has 2 aliphatic heterocycles. The van der Waals surface area contributed by atoms with Gasteiger partial charge < -0.3 is 4.90 Å². The van der Waals surface area contributed by atoms with Gasteiger partial charge in [-0.15, -0.1) is 0 Å². The molecule has 2 aliphatic rings. The van der Waals surface area contributed by atoms with Gasteiger partial charge in [-0.2, -0.15) is 4.31 Å². The number of benzene rings is 2. The van der Waals surface area contributed by atoms with E-state index in [0.29, 0.717) is 37.4 Å². The van der Waals surface area contributed by atoms with Gasteiger partial charge in [-0.1, -0.05) is 55.0 Å². The van der Waals surface area contributed by atoms with Crippen LogP contribution in [0.2, 0.25) is 0 Å². The van der Waals surface area contributed by atoms with Crippen molar-refractivity contribution in [1.82, 2.24) is 9.21 Å². The second-order valence-corrected chi connectivity index (χ2v) is 10.2. The van der Waals surface area contributed by atoms with Gasteiger partial charge in [-0.05, 0) is 54.5 Å². The van der Waals surface area contributed by atoms with Crippen molar-refractivity contribution in [2.24, 2.45) is 0 Å². The smallest absolute Gasteiger partial charge is 0.243 e. The lowest BCUT2D eigenvalue weighted by molar-refractivity contribution is -0.130. The molecule has 0 N–H and O–H groups in total. The monoisotopic (exact) mass is 438 g/mol. The molecule has 0 spiro atoms. The molecule has 5 nitrogen and oxygen atoms in total. The van der Waals surface area contributed by atoms with E-state index in [1.54, 1.807) is 16.4 Å². The maximum atomic E-state index is 12.8. The highest BCUT2D eigenvalue weighted by Gasteiger charge is 2.25. The first-order chi connectivity index (χ1) is 15.0. The molecule has 1 saturated heterocycles. The maximum absolute atomic E-state index is 12.8. The first-order valence-electron chi connectivity index (χ1n) is 11.2. The van der Waals surface area contributed by atoms with Gasteiger partial charge in [0.2, 0.25) is 15.9 Å². The summed E-state index contributed by atoms with van der Waals surface area (Å²) in [6.45, 7) is 2.60. The minimum absolute atomic E-state index is 0.147. The van der Waals surface area contributed by atoms with E-state index in [2.05, 4.69) is 18.2 Å². The lowest BCUT2D eigenvalue weighted by Crippen LogP contribution is -2.35. The van der Waals surface area contributed by atoms with E-state index in [-0.39, 0.29) is 5.91 Å². The lowest BCUT2D eigenvalue weighted by Gasteiger charge is -2.27. The Hall–Kier alpha value is -2.44. The average molecular weight is 439 g/mol. The van der Waals surface area contributed by atoms with Gasteiger partial charge in [0, 0.05) is 32.6 Å². The number of piperidine rings is 1. The first-order valence-corrected chi connectivity index (χ1v) is 12.6. The van der Waals surface area contributed by atoms with Crippen LogP contribution in [0.15, 0.2) is 65.6 Å². The van der Waals surface area contributed by atoms with Gasteiger partial charge in [0.1, 0.15) is 0 Å². The summed E-state index contributed by atoms with van der Waals surface area (Å²) in [6, 6.07) is 17.4. The van der Waals surface area contributed by atoms with Gasteiger partial charge in [0.05, 0.1) is 4.90 Å². The normalized spacial score (nSPS) is 17.9. The van der Waals surface area contributed by atoms with Crippen molar-refractivity contribution in [2.45, 2.75) is 43.4 Å². The Morgan fingerprint density at radius 1 is 0.871 bits per heavy atom. The standard InChI is InChI=1S/C25H30N2O3S/c28-25(26-19-15-23(16-20-26)22-7-3-1-4-8-22)14-11-21-9-12-24(13-10-21)31(29,30)27-17-5-2-6-18-27/h1,3-4,7-10,12-13,15H,2,5-6,11,14,16-20H2. The van der Waals surface area contributed by atoms with Crippen molar-refractivity contribution in [1.29, 1.82) is 0 Å². The minimum Gasteiger partial charge on any atom is -0.339 e. The predicted octanol–water partition coefficient (Wildman–Crippen LogP) is 4.11. The molecule has 0 aromatic heterocycles. The van der Waals surface area contributed by atoms with Crippen LogP contribution >= 0.6 is 0 Å². The number of carbonyl (C=O) groups is 1. The van der Waals surface area contributed by atoms with Crippen molar-refractivity contribution >= 4 is 21.5 Å². The zero-order valence-electron chi connectivity index (χ0n) is 17.9. The summed E-state index contributed by atoms with van der Waals surface area (Å²) in [5.41, 5.74) is 3.52. The third-order valence-corrected chi connectivity index (χ3v) is 8.12. The zero-order valence-corrected chi connectivity index (χ0v) is 18.7. The number of sulfonamides is 1. The number of carbonyl (C=O) groups excluding carboxylic acids is 1. The number of aryl methyl sites for hydroxylation is 1. The first kappa shape index (κ1) is 21.8. The largest absolute Gasteiger partial charge is 0.339 e. The third kappa shape index (κ3) is 5.25. The minimum atomic E-state index is -3.40. The predicted molar refractivity (Wildman–Crippen MR) is 123 cm³/mol. The van der Waals surface area contributed by atoms with Crippen molar-refractivity contribution in [3.05, 3.63) is 71.8 Å². The highest BCUT2D eigenvalue weighted by atomic mass is 32.2. The molecule has 4 rings (SSSR count). The van der Waals surface area contributed by atoms with Crippen LogP contribution in [0.3, 0.4) is 0 Å². The SMILES string of the molecule is O=C(CCc1ccc(S(=O)(=O)N2CCCCC2)cc1)N1CC=C(c2ccccc2)CC1. The Bertz CT molecular complexity index is 1020. The Labute approximate surface area is 185 Å². The van der Waals surface area contributed by atoms with E-state index in [1.165, 1.54) is 11.1 Å². The number of rotatable bonds is 6. The summed E-state index contributed by atoms with van der Waals surface area (Å²) in [5, 5.41) is 0. The van der Waals surface area contributed by atoms with Crippen molar-refractivity contribution < 1.29 is 13.2 Å². The molecule has 0 atom stereocenters. The van der Waals surface area contributed by atoms with Crippen LogP contribution in [0.25, 0.3) is 5.57 Å². The number of nitrogens with zero attached hydrogens (tertiary/aromatic N) is 2. The molecule has 0 bridgehead atoms. The topological polar surface area (TPSA) is 57.7 Å². The molecule has 6 heteroatoms. The summed E-state index contributed by atoms with van der Waals surface area (Å²) >= 11 is 0. The third-order valence-electron chi connectivity index (χ3n) is 6.21. The molecule has 0 radical (unpaired) electrons. The summed E-state index contributed by atoms with van der Waals surface area (Å²) < 4.78 is 27.1. The van der Waals surface area contributed by atoms with E-state index < -0.39 is 10.0 Å². The molecular weight excluding hydrogens is 408 g/mol. The molecule has 2 heterocycles. The Morgan fingerprint density at radius 2 is 1.58 bits per heavy atom. The fraction of sp³-hybridized carbons (Fsp3) is 0.400. The van der Waals surface area contributed by atoms with E-state index in [0.717, 1.165) is 37.8 Å². The van der Waals surface area contributed by atoms with Crippen molar-refractivity contribution in [2.75, 3.05) is 26.2 Å². The van der Waals surface area contributed by atoms with E-state index in [1.807, 2.05) is 35.2 Å². The van der Waals surface area contributed by atoms with Gasteiger partial charge in [0.25, 0.3) is 0 Å². The number of amides is 1. The van der Waals surface area contributed by atoms with Gasteiger partial charge >= 0.3 is 0 Å². The van der Waals surface area contributed by atoms with Crippen molar-refractivity contribution in [3.8, 4) is 0 Å². The Morgan fingerprint density at radius 3 is 2.23 bits per heavy atom. The summed E-state index contributed by atoms with van der Waals surface area (Å²) in [7, 11) is -3.40. The molecular formula is C25H30N2O3S. The summed E-state index contributed by atoms with van der Waals surface area (Å²) in [5.74, 6) is 0.147. The fourth-order valence-corrected chi connectivity index (χ4v) is 5.82. The molecule has 0 unspecified atom stereocenters.